The second-order valence-corrected chi connectivity index (χ2v) is 9.43. The number of aliphatic hydroxyl groups excluding tert-OH is 2. The van der Waals surface area contributed by atoms with E-state index in [0.29, 0.717) is 48.4 Å². The van der Waals surface area contributed by atoms with Crippen molar-refractivity contribution in [1.29, 1.82) is 0 Å². The van der Waals surface area contributed by atoms with Crippen molar-refractivity contribution in [3.8, 4) is 22.6 Å². The molecule has 0 bridgehead atoms. The molecule has 10 nitrogen and oxygen atoms in total. The number of piperidine rings is 1. The number of aromatic nitrogens is 2. The van der Waals surface area contributed by atoms with Crippen LogP contribution in [0.25, 0.3) is 11.1 Å². The van der Waals surface area contributed by atoms with Crippen molar-refractivity contribution in [3.05, 3.63) is 66.0 Å². The molecular weight excluding hydrogens is 533 g/mol. The number of nitrogens with two attached hydrogens (primary N) is 1. The molecule has 1 atom stereocenters. The molecule has 0 saturated carbocycles. The van der Waals surface area contributed by atoms with E-state index in [1.54, 1.807) is 35.5 Å². The van der Waals surface area contributed by atoms with Gasteiger partial charge in [-0.2, -0.15) is 5.10 Å². The number of aliphatic hydroxyl groups is 2. The minimum atomic E-state index is -4.78. The number of hydrogen-bond acceptors (Lipinski definition) is 7. The Kier molecular flexibility index (Phi) is 8.95. The Morgan fingerprint density at radius 1 is 1.10 bits per heavy atom. The summed E-state index contributed by atoms with van der Waals surface area (Å²) in [6, 6.07) is 10.2. The molecule has 1 aromatic heterocycles. The largest absolute Gasteiger partial charge is 0.573 e. The minimum absolute atomic E-state index is 0.0423. The lowest BCUT2D eigenvalue weighted by atomic mass is 10.0. The van der Waals surface area contributed by atoms with Gasteiger partial charge in [-0.15, -0.1) is 13.2 Å². The van der Waals surface area contributed by atoms with Gasteiger partial charge >= 0.3 is 6.36 Å². The fraction of sp³-hybridized carbons (Fsp3) is 0.370. The van der Waals surface area contributed by atoms with E-state index in [-0.39, 0.29) is 36.3 Å². The lowest BCUT2D eigenvalue weighted by molar-refractivity contribution is -0.274. The molecule has 2 heterocycles. The van der Waals surface area contributed by atoms with E-state index in [1.165, 1.54) is 28.9 Å². The van der Waals surface area contributed by atoms with Crippen LogP contribution in [0, 0.1) is 0 Å². The summed E-state index contributed by atoms with van der Waals surface area (Å²) in [7, 11) is 0. The minimum Gasteiger partial charge on any atom is -0.489 e. The highest BCUT2D eigenvalue weighted by Crippen LogP contribution is 2.29. The molecule has 1 aliphatic heterocycles. The molecule has 4 rings (SSSR count). The summed E-state index contributed by atoms with van der Waals surface area (Å²) >= 11 is 0. The number of carbonyl (C=O) groups is 2. The van der Waals surface area contributed by atoms with Crippen LogP contribution in [-0.2, 0) is 17.8 Å². The number of hydrogen-bond donors (Lipinski definition) is 3. The molecule has 214 valence electrons. The van der Waals surface area contributed by atoms with Gasteiger partial charge in [-0.3, -0.25) is 14.3 Å². The number of halogens is 3. The van der Waals surface area contributed by atoms with Gasteiger partial charge in [0.1, 0.15) is 17.6 Å². The van der Waals surface area contributed by atoms with Crippen molar-refractivity contribution in [2.45, 2.75) is 44.4 Å². The van der Waals surface area contributed by atoms with Crippen molar-refractivity contribution < 1.29 is 42.4 Å². The summed E-state index contributed by atoms with van der Waals surface area (Å²) in [6.07, 6.45) is -1.65. The zero-order valence-corrected chi connectivity index (χ0v) is 21.4. The van der Waals surface area contributed by atoms with E-state index in [0.717, 1.165) is 0 Å². The number of nitrogens with zero attached hydrogens (tertiary/aromatic N) is 3. The van der Waals surface area contributed by atoms with Crippen LogP contribution in [0.1, 0.15) is 28.8 Å². The number of ether oxygens (including phenoxy) is 2. The fourth-order valence-corrected chi connectivity index (χ4v) is 4.39. The molecule has 0 aliphatic carbocycles. The van der Waals surface area contributed by atoms with Gasteiger partial charge in [0.2, 0.25) is 5.91 Å². The van der Waals surface area contributed by atoms with Gasteiger partial charge in [-0.05, 0) is 35.4 Å². The maximum absolute atomic E-state index is 12.7. The third-order valence-electron chi connectivity index (χ3n) is 6.42. The third-order valence-corrected chi connectivity index (χ3v) is 6.42. The second kappa shape index (κ2) is 12.4. The molecule has 1 fully saturated rings. The summed E-state index contributed by atoms with van der Waals surface area (Å²) in [5.74, 6) is -0.848. The van der Waals surface area contributed by atoms with Crippen LogP contribution in [0.5, 0.6) is 11.5 Å². The van der Waals surface area contributed by atoms with E-state index < -0.39 is 25.0 Å². The summed E-state index contributed by atoms with van der Waals surface area (Å²) in [4.78, 5) is 26.6. The summed E-state index contributed by atoms with van der Waals surface area (Å²) in [5.41, 5.74) is 7.73. The number of primary amides is 1. The average molecular weight is 563 g/mol. The van der Waals surface area contributed by atoms with Crippen LogP contribution < -0.4 is 15.2 Å². The predicted octanol–water partition coefficient (Wildman–Crippen LogP) is 2.51. The highest BCUT2D eigenvalue weighted by molar-refractivity contribution is 5.97. The Balaban J connectivity index is 1.33. The van der Waals surface area contributed by atoms with E-state index >= 15 is 0 Å². The fourth-order valence-electron chi connectivity index (χ4n) is 4.39. The molecular formula is C27H29F3N4O6. The number of alkyl halides is 3. The van der Waals surface area contributed by atoms with Gasteiger partial charge in [-0.25, -0.2) is 0 Å². The van der Waals surface area contributed by atoms with Crippen molar-refractivity contribution in [3.63, 3.8) is 0 Å². The Morgan fingerprint density at radius 3 is 2.42 bits per heavy atom. The topological polar surface area (TPSA) is 140 Å². The zero-order valence-electron chi connectivity index (χ0n) is 21.4. The first-order valence-corrected chi connectivity index (χ1v) is 12.6. The Bertz CT molecular complexity index is 1320. The highest BCUT2D eigenvalue weighted by Gasteiger charge is 2.31. The van der Waals surface area contributed by atoms with E-state index in [1.807, 2.05) is 0 Å². The van der Waals surface area contributed by atoms with Crippen LogP contribution in [0.15, 0.2) is 54.9 Å². The SMILES string of the molecule is NC(=O)c1cc(-c2cnn(C[C@@H](O)CO)c2)ccc1OC1CCN(C(=O)Cc2ccc(OC(F)(F)F)cc2)CC1. The molecule has 4 N–H and O–H groups in total. The van der Waals surface area contributed by atoms with Gasteiger partial charge in [-0.1, -0.05) is 18.2 Å². The third kappa shape index (κ3) is 7.73. The smallest absolute Gasteiger partial charge is 0.489 e. The number of amides is 2. The van der Waals surface area contributed by atoms with Crippen molar-refractivity contribution in [2.75, 3.05) is 19.7 Å². The molecule has 0 radical (unpaired) electrons. The number of carbonyl (C=O) groups excluding carboxylic acids is 2. The lowest BCUT2D eigenvalue weighted by Crippen LogP contribution is -2.42. The predicted molar refractivity (Wildman–Crippen MR) is 136 cm³/mol. The molecule has 1 saturated heterocycles. The van der Waals surface area contributed by atoms with Gasteiger partial charge in [0.15, 0.2) is 0 Å². The van der Waals surface area contributed by atoms with E-state index in [2.05, 4.69) is 9.84 Å². The molecule has 0 unspecified atom stereocenters. The maximum Gasteiger partial charge on any atom is 0.573 e. The van der Waals surface area contributed by atoms with Crippen LogP contribution in [0.2, 0.25) is 0 Å². The number of likely N-dealkylation sites (tertiary alicyclic amines) is 1. The van der Waals surface area contributed by atoms with Crippen LogP contribution >= 0.6 is 0 Å². The quantitative estimate of drug-likeness (QED) is 0.345. The van der Waals surface area contributed by atoms with Crippen molar-refractivity contribution in [1.82, 2.24) is 14.7 Å². The molecule has 1 aliphatic rings. The maximum atomic E-state index is 12.7. The molecule has 40 heavy (non-hydrogen) atoms. The molecule has 2 amide bonds. The first-order valence-electron chi connectivity index (χ1n) is 12.6. The summed E-state index contributed by atoms with van der Waals surface area (Å²) in [6.45, 7) is 0.562. The van der Waals surface area contributed by atoms with Gasteiger partial charge in [0, 0.05) is 37.7 Å². The molecule has 13 heteroatoms. The Morgan fingerprint density at radius 2 is 1.80 bits per heavy atom. The van der Waals surface area contributed by atoms with Crippen molar-refractivity contribution in [2.24, 2.45) is 5.73 Å². The number of rotatable bonds is 10. The number of benzene rings is 2. The monoisotopic (exact) mass is 562 g/mol. The molecule has 2 aromatic carbocycles. The normalized spacial score (nSPS) is 15.1. The Hall–Kier alpha value is -4.10. The first-order chi connectivity index (χ1) is 19.0. The van der Waals surface area contributed by atoms with Gasteiger partial charge in [0.05, 0.1) is 37.4 Å². The van der Waals surface area contributed by atoms with E-state index in [9.17, 15) is 27.9 Å². The van der Waals surface area contributed by atoms with Crippen LogP contribution in [0.4, 0.5) is 13.2 Å². The summed E-state index contributed by atoms with van der Waals surface area (Å²) < 4.78 is 48.4. The van der Waals surface area contributed by atoms with Crippen molar-refractivity contribution >= 4 is 11.8 Å². The van der Waals surface area contributed by atoms with Crippen LogP contribution in [0.3, 0.4) is 0 Å². The highest BCUT2D eigenvalue weighted by atomic mass is 19.4. The van der Waals surface area contributed by atoms with Gasteiger partial charge in [0.25, 0.3) is 5.91 Å². The lowest BCUT2D eigenvalue weighted by Gasteiger charge is -2.32. The standard InChI is InChI=1S/C27H29F3N4O6/c28-27(29,30)40-22-4-1-17(2-5-22)11-25(37)33-9-7-21(8-10-33)39-24-6-3-18(12-23(24)26(31)38)19-13-32-34(14-19)15-20(36)16-35/h1-6,12-14,20-21,35-36H,7-11,15-16H2,(H2,31,38)/t20-/m1/s1. The molecule has 0 spiro atoms. The van der Waals surface area contributed by atoms with Crippen LogP contribution in [-0.4, -0.2) is 75.0 Å². The van der Waals surface area contributed by atoms with Gasteiger partial charge < -0.3 is 30.3 Å². The second-order valence-electron chi connectivity index (χ2n) is 9.43. The average Bonchev–Trinajstić information content (AvgIpc) is 3.37. The van der Waals surface area contributed by atoms with E-state index in [4.69, 9.17) is 15.6 Å². The first kappa shape index (κ1) is 28.9. The molecule has 3 aromatic rings. The summed E-state index contributed by atoms with van der Waals surface area (Å²) in [5, 5.41) is 22.8. The zero-order chi connectivity index (χ0) is 28.9. The Labute approximate surface area is 227 Å².